The average Bonchev–Trinajstić information content (AvgIpc) is 3.10. The molecule has 1 N–H and O–H groups in total. The Kier molecular flexibility index (Phi) is 4.42. The highest BCUT2D eigenvalue weighted by Crippen LogP contribution is 2.29. The van der Waals surface area contributed by atoms with Crippen molar-refractivity contribution in [1.29, 1.82) is 0 Å². The number of hydrogen-bond donors (Lipinski definition) is 1. The van der Waals surface area contributed by atoms with Gasteiger partial charge in [-0.25, -0.2) is 0 Å². The first-order chi connectivity index (χ1) is 11.7. The van der Waals surface area contributed by atoms with Crippen LogP contribution in [0.25, 0.3) is 11.4 Å². The normalized spacial score (nSPS) is 10.2. The molecule has 0 fully saturated rings. The van der Waals surface area contributed by atoms with Gasteiger partial charge >= 0.3 is 0 Å². The molecule has 0 radical (unpaired) electrons. The predicted octanol–water partition coefficient (Wildman–Crippen LogP) is 3.01. The fourth-order valence-corrected chi connectivity index (χ4v) is 2.22. The van der Waals surface area contributed by atoms with Crippen molar-refractivity contribution in [3.63, 3.8) is 0 Å². The van der Waals surface area contributed by atoms with Crippen LogP contribution in [0.5, 0.6) is 11.5 Å². The topological polar surface area (TPSA) is 86.5 Å². The molecule has 7 heteroatoms. The van der Waals surface area contributed by atoms with Gasteiger partial charge in [0.1, 0.15) is 22.8 Å². The summed E-state index contributed by atoms with van der Waals surface area (Å²) in [6, 6.07) is 12.1. The summed E-state index contributed by atoms with van der Waals surface area (Å²) in [7, 11) is 2.97. The molecule has 2 aromatic heterocycles. The third-order valence-electron chi connectivity index (χ3n) is 3.33. The van der Waals surface area contributed by atoms with Crippen molar-refractivity contribution in [2.45, 2.75) is 0 Å². The molecular weight excluding hydrogens is 310 g/mol. The van der Waals surface area contributed by atoms with E-state index in [1.165, 1.54) is 14.2 Å². The lowest BCUT2D eigenvalue weighted by Gasteiger charge is -2.11. The van der Waals surface area contributed by atoms with E-state index in [0.29, 0.717) is 22.9 Å². The van der Waals surface area contributed by atoms with Crippen molar-refractivity contribution in [2.75, 3.05) is 19.5 Å². The fourth-order valence-electron chi connectivity index (χ4n) is 2.22. The lowest BCUT2D eigenvalue weighted by atomic mass is 10.1. The number of carbonyl (C=O) groups excluding carboxylic acids is 1. The molecular formula is C17H15N3O4. The van der Waals surface area contributed by atoms with E-state index in [0.717, 1.165) is 0 Å². The minimum absolute atomic E-state index is 0.202. The Bertz CT molecular complexity index is 824. The van der Waals surface area contributed by atoms with E-state index in [-0.39, 0.29) is 11.4 Å². The van der Waals surface area contributed by atoms with Crippen molar-refractivity contribution < 1.29 is 18.8 Å². The maximum absolute atomic E-state index is 12.5. The van der Waals surface area contributed by atoms with Crippen molar-refractivity contribution >= 4 is 11.8 Å². The van der Waals surface area contributed by atoms with E-state index in [2.05, 4.69) is 15.5 Å². The van der Waals surface area contributed by atoms with Crippen LogP contribution >= 0.6 is 0 Å². The molecule has 0 bridgehead atoms. The molecule has 0 unspecified atom stereocenters. The lowest BCUT2D eigenvalue weighted by molar-refractivity contribution is 0.101. The molecule has 3 aromatic rings. The van der Waals surface area contributed by atoms with Crippen molar-refractivity contribution in [3.05, 3.63) is 54.2 Å². The standard InChI is InChI=1S/C17H15N3O4/c1-22-13-7-5-8-14(23-2)16(13)17(21)19-15-10-12(20-24-15)11-6-3-4-9-18-11/h3-10H,1-2H3,(H,19,21). The average molecular weight is 325 g/mol. The van der Waals surface area contributed by atoms with Crippen molar-refractivity contribution in [1.82, 2.24) is 10.1 Å². The van der Waals surface area contributed by atoms with Gasteiger partial charge in [-0.1, -0.05) is 17.3 Å². The quantitative estimate of drug-likeness (QED) is 0.776. The Hall–Kier alpha value is -3.35. The third-order valence-corrected chi connectivity index (χ3v) is 3.33. The van der Waals surface area contributed by atoms with E-state index in [9.17, 15) is 4.79 Å². The zero-order chi connectivity index (χ0) is 16.9. The summed E-state index contributed by atoms with van der Waals surface area (Å²) in [5.41, 5.74) is 1.45. The molecule has 0 spiro atoms. The largest absolute Gasteiger partial charge is 0.496 e. The van der Waals surface area contributed by atoms with Crippen LogP contribution in [0.2, 0.25) is 0 Å². The van der Waals surface area contributed by atoms with Gasteiger partial charge in [-0.3, -0.25) is 15.1 Å². The molecule has 1 aromatic carbocycles. The highest BCUT2D eigenvalue weighted by atomic mass is 16.5. The van der Waals surface area contributed by atoms with Crippen LogP contribution in [0.15, 0.2) is 53.2 Å². The number of carbonyl (C=O) groups is 1. The molecule has 0 saturated heterocycles. The molecule has 122 valence electrons. The van der Waals surface area contributed by atoms with E-state index in [1.807, 2.05) is 6.07 Å². The summed E-state index contributed by atoms with van der Waals surface area (Å²) >= 11 is 0. The van der Waals surface area contributed by atoms with Crippen LogP contribution in [-0.4, -0.2) is 30.3 Å². The molecule has 1 amide bonds. The first kappa shape index (κ1) is 15.5. The van der Waals surface area contributed by atoms with Crippen LogP contribution in [0.3, 0.4) is 0 Å². The Morgan fingerprint density at radius 2 is 1.79 bits per heavy atom. The monoisotopic (exact) mass is 325 g/mol. The number of pyridine rings is 1. The van der Waals surface area contributed by atoms with E-state index >= 15 is 0 Å². The minimum Gasteiger partial charge on any atom is -0.496 e. The molecule has 0 aliphatic carbocycles. The van der Waals surface area contributed by atoms with Gasteiger partial charge in [0, 0.05) is 12.3 Å². The van der Waals surface area contributed by atoms with Gasteiger partial charge in [0.2, 0.25) is 5.88 Å². The molecule has 0 saturated carbocycles. The second-order valence-corrected chi connectivity index (χ2v) is 4.78. The number of rotatable bonds is 5. The smallest absolute Gasteiger partial charge is 0.265 e. The Balaban J connectivity index is 1.85. The predicted molar refractivity (Wildman–Crippen MR) is 87.2 cm³/mol. The second-order valence-electron chi connectivity index (χ2n) is 4.78. The Morgan fingerprint density at radius 3 is 2.42 bits per heavy atom. The number of benzene rings is 1. The first-order valence-electron chi connectivity index (χ1n) is 7.13. The number of nitrogens with zero attached hydrogens (tertiary/aromatic N) is 2. The molecule has 2 heterocycles. The zero-order valence-corrected chi connectivity index (χ0v) is 13.1. The number of methoxy groups -OCH3 is 2. The summed E-state index contributed by atoms with van der Waals surface area (Å²) in [4.78, 5) is 16.7. The zero-order valence-electron chi connectivity index (χ0n) is 13.1. The number of anilines is 1. The second kappa shape index (κ2) is 6.82. The number of hydrogen-bond acceptors (Lipinski definition) is 6. The van der Waals surface area contributed by atoms with Gasteiger partial charge < -0.3 is 14.0 Å². The van der Waals surface area contributed by atoms with E-state index in [4.69, 9.17) is 14.0 Å². The molecule has 3 rings (SSSR count). The van der Waals surface area contributed by atoms with Crippen LogP contribution in [0, 0.1) is 0 Å². The summed E-state index contributed by atoms with van der Waals surface area (Å²) in [5.74, 6) is 0.578. The van der Waals surface area contributed by atoms with Gasteiger partial charge in [0.25, 0.3) is 5.91 Å². The summed E-state index contributed by atoms with van der Waals surface area (Å²) in [5, 5.41) is 6.55. The maximum atomic E-state index is 12.5. The summed E-state index contributed by atoms with van der Waals surface area (Å²) in [6.07, 6.45) is 1.65. The summed E-state index contributed by atoms with van der Waals surface area (Å²) < 4.78 is 15.6. The highest BCUT2D eigenvalue weighted by molar-refractivity contribution is 6.07. The minimum atomic E-state index is -0.423. The van der Waals surface area contributed by atoms with Gasteiger partial charge in [-0.2, -0.15) is 0 Å². The fraction of sp³-hybridized carbons (Fsp3) is 0.118. The number of ether oxygens (including phenoxy) is 2. The van der Waals surface area contributed by atoms with E-state index in [1.54, 1.807) is 42.6 Å². The van der Waals surface area contributed by atoms with Crippen molar-refractivity contribution in [2.24, 2.45) is 0 Å². The van der Waals surface area contributed by atoms with Gasteiger partial charge in [0.05, 0.1) is 19.9 Å². The Morgan fingerprint density at radius 1 is 1.04 bits per heavy atom. The van der Waals surface area contributed by atoms with Crippen LogP contribution in [0.4, 0.5) is 5.88 Å². The molecule has 24 heavy (non-hydrogen) atoms. The highest BCUT2D eigenvalue weighted by Gasteiger charge is 2.20. The van der Waals surface area contributed by atoms with Crippen molar-refractivity contribution in [3.8, 4) is 22.9 Å². The maximum Gasteiger partial charge on any atom is 0.265 e. The van der Waals surface area contributed by atoms with Crippen LogP contribution in [0.1, 0.15) is 10.4 Å². The van der Waals surface area contributed by atoms with E-state index < -0.39 is 5.91 Å². The molecule has 0 aliphatic heterocycles. The molecule has 0 aliphatic rings. The molecule has 0 atom stereocenters. The number of amides is 1. The van der Waals surface area contributed by atoms with Gasteiger partial charge in [0.15, 0.2) is 0 Å². The third kappa shape index (κ3) is 3.05. The lowest BCUT2D eigenvalue weighted by Crippen LogP contribution is -2.14. The molecule has 7 nitrogen and oxygen atoms in total. The number of aromatic nitrogens is 2. The summed E-state index contributed by atoms with van der Waals surface area (Å²) in [6.45, 7) is 0. The van der Waals surface area contributed by atoms with Crippen LogP contribution < -0.4 is 14.8 Å². The number of nitrogens with one attached hydrogen (secondary N) is 1. The van der Waals surface area contributed by atoms with Gasteiger partial charge in [-0.05, 0) is 24.3 Å². The first-order valence-corrected chi connectivity index (χ1v) is 7.13. The SMILES string of the molecule is COc1cccc(OC)c1C(=O)Nc1cc(-c2ccccn2)no1. The van der Waals surface area contributed by atoms with Crippen LogP contribution in [-0.2, 0) is 0 Å². The Labute approximate surface area is 138 Å². The van der Waals surface area contributed by atoms with Gasteiger partial charge in [-0.15, -0.1) is 0 Å².